The smallest absolute Gasteiger partial charge is 0.228 e. The minimum atomic E-state index is 0.0352. The Kier molecular flexibility index (Phi) is 5.87. The van der Waals surface area contributed by atoms with E-state index in [0.29, 0.717) is 5.82 Å². The fourth-order valence-corrected chi connectivity index (χ4v) is 3.83. The third-order valence-electron chi connectivity index (χ3n) is 5.58. The first-order valence-electron chi connectivity index (χ1n) is 10.0. The fraction of sp³-hybridized carbons (Fsp3) is 0.409. The van der Waals surface area contributed by atoms with E-state index < -0.39 is 0 Å². The third-order valence-corrected chi connectivity index (χ3v) is 5.58. The van der Waals surface area contributed by atoms with Crippen molar-refractivity contribution in [1.29, 1.82) is 0 Å². The van der Waals surface area contributed by atoms with Gasteiger partial charge in [-0.05, 0) is 49.0 Å². The molecule has 0 unspecified atom stereocenters. The first kappa shape index (κ1) is 19.5. The van der Waals surface area contributed by atoms with Crippen molar-refractivity contribution in [2.24, 2.45) is 13.0 Å². The molecule has 7 heteroatoms. The molecule has 0 aliphatic carbocycles. The van der Waals surface area contributed by atoms with E-state index in [2.05, 4.69) is 32.4 Å². The van der Waals surface area contributed by atoms with Crippen LogP contribution in [0.1, 0.15) is 12.8 Å². The number of aromatic nitrogens is 3. The minimum absolute atomic E-state index is 0.0352. The standard InChI is InChI=1S/C22H27N5O2/c1-26-15-20(14-24-26)17-3-4-18-13-23-21(12-19(18)11-17)25-22(28)16-5-7-27(8-6-16)9-10-29-2/h3-4,11-16H,5-10H2,1-2H3,(H,23,25,28). The van der Waals surface area contributed by atoms with Crippen molar-refractivity contribution < 1.29 is 9.53 Å². The number of nitrogens with zero attached hydrogens (tertiary/aromatic N) is 4. The number of carbonyl (C=O) groups is 1. The van der Waals surface area contributed by atoms with Gasteiger partial charge in [-0.15, -0.1) is 0 Å². The lowest BCUT2D eigenvalue weighted by atomic mass is 9.96. The number of methoxy groups -OCH3 is 1. The SMILES string of the molecule is COCCN1CCC(C(=O)Nc2cc3cc(-c4cnn(C)c4)ccc3cn2)CC1. The number of likely N-dealkylation sites (tertiary alicyclic amines) is 1. The molecule has 1 saturated heterocycles. The number of ether oxygens (including phenoxy) is 1. The predicted molar refractivity (Wildman–Crippen MR) is 114 cm³/mol. The molecule has 1 fully saturated rings. The normalized spacial score (nSPS) is 15.7. The van der Waals surface area contributed by atoms with Gasteiger partial charge in [0.15, 0.2) is 0 Å². The fourth-order valence-electron chi connectivity index (χ4n) is 3.83. The highest BCUT2D eigenvalue weighted by Gasteiger charge is 2.25. The van der Waals surface area contributed by atoms with Crippen molar-refractivity contribution in [1.82, 2.24) is 19.7 Å². The largest absolute Gasteiger partial charge is 0.383 e. The van der Waals surface area contributed by atoms with Gasteiger partial charge in [-0.2, -0.15) is 5.10 Å². The summed E-state index contributed by atoms with van der Waals surface area (Å²) in [5.74, 6) is 0.701. The summed E-state index contributed by atoms with van der Waals surface area (Å²) in [4.78, 5) is 19.5. The monoisotopic (exact) mass is 393 g/mol. The molecule has 1 aliphatic rings. The molecule has 1 N–H and O–H groups in total. The highest BCUT2D eigenvalue weighted by atomic mass is 16.5. The van der Waals surface area contributed by atoms with E-state index in [-0.39, 0.29) is 11.8 Å². The van der Waals surface area contributed by atoms with Crippen molar-refractivity contribution in [2.75, 3.05) is 38.7 Å². The molecule has 0 spiro atoms. The summed E-state index contributed by atoms with van der Waals surface area (Å²) in [5, 5.41) is 9.35. The van der Waals surface area contributed by atoms with Crippen molar-refractivity contribution in [3.05, 3.63) is 42.9 Å². The van der Waals surface area contributed by atoms with Gasteiger partial charge in [-0.25, -0.2) is 4.98 Å². The van der Waals surface area contributed by atoms with E-state index in [1.807, 2.05) is 37.8 Å². The highest BCUT2D eigenvalue weighted by molar-refractivity contribution is 5.95. The number of nitrogens with one attached hydrogen (secondary N) is 1. The maximum absolute atomic E-state index is 12.7. The minimum Gasteiger partial charge on any atom is -0.383 e. The summed E-state index contributed by atoms with van der Waals surface area (Å²) in [5.41, 5.74) is 2.16. The number of rotatable bonds is 6. The Balaban J connectivity index is 1.43. The second-order valence-corrected chi connectivity index (χ2v) is 7.63. The van der Waals surface area contributed by atoms with Crippen LogP contribution >= 0.6 is 0 Å². The molecule has 0 saturated carbocycles. The topological polar surface area (TPSA) is 72.3 Å². The maximum atomic E-state index is 12.7. The molecule has 1 aliphatic heterocycles. The lowest BCUT2D eigenvalue weighted by Crippen LogP contribution is -2.39. The molecular formula is C22H27N5O2. The Bertz CT molecular complexity index is 992. The van der Waals surface area contributed by atoms with Gasteiger partial charge >= 0.3 is 0 Å². The lowest BCUT2D eigenvalue weighted by Gasteiger charge is -2.30. The second-order valence-electron chi connectivity index (χ2n) is 7.63. The Morgan fingerprint density at radius 2 is 2.00 bits per heavy atom. The van der Waals surface area contributed by atoms with Gasteiger partial charge in [0, 0.05) is 50.0 Å². The molecule has 152 valence electrons. The maximum Gasteiger partial charge on any atom is 0.228 e. The summed E-state index contributed by atoms with van der Waals surface area (Å²) >= 11 is 0. The Morgan fingerprint density at radius 3 is 2.72 bits per heavy atom. The van der Waals surface area contributed by atoms with Crippen LogP contribution in [0.25, 0.3) is 21.9 Å². The van der Waals surface area contributed by atoms with Gasteiger partial charge in [-0.3, -0.25) is 9.48 Å². The van der Waals surface area contributed by atoms with Gasteiger partial charge < -0.3 is 15.0 Å². The van der Waals surface area contributed by atoms with Crippen LogP contribution in [0.4, 0.5) is 5.82 Å². The number of pyridine rings is 1. The van der Waals surface area contributed by atoms with Crippen LogP contribution < -0.4 is 5.32 Å². The molecule has 3 heterocycles. The van der Waals surface area contributed by atoms with Crippen LogP contribution in [0, 0.1) is 5.92 Å². The highest BCUT2D eigenvalue weighted by Crippen LogP contribution is 2.26. The van der Waals surface area contributed by atoms with Crippen LogP contribution in [-0.2, 0) is 16.6 Å². The average molecular weight is 393 g/mol. The number of amides is 1. The molecule has 29 heavy (non-hydrogen) atoms. The van der Waals surface area contributed by atoms with Gasteiger partial charge in [0.2, 0.25) is 5.91 Å². The van der Waals surface area contributed by atoms with Gasteiger partial charge in [-0.1, -0.05) is 12.1 Å². The van der Waals surface area contributed by atoms with Crippen molar-refractivity contribution in [3.63, 3.8) is 0 Å². The molecular weight excluding hydrogens is 366 g/mol. The van der Waals surface area contributed by atoms with Crippen LogP contribution in [0.3, 0.4) is 0 Å². The van der Waals surface area contributed by atoms with Crippen LogP contribution in [-0.4, -0.2) is 58.9 Å². The zero-order valence-electron chi connectivity index (χ0n) is 17.0. The van der Waals surface area contributed by atoms with Gasteiger partial charge in [0.25, 0.3) is 0 Å². The summed E-state index contributed by atoms with van der Waals surface area (Å²) in [6, 6.07) is 8.17. The van der Waals surface area contributed by atoms with E-state index in [0.717, 1.165) is 61.0 Å². The Hall–Kier alpha value is -2.77. The first-order chi connectivity index (χ1) is 14.1. The molecule has 7 nitrogen and oxygen atoms in total. The van der Waals surface area contributed by atoms with E-state index in [1.54, 1.807) is 11.8 Å². The Labute approximate surface area is 170 Å². The lowest BCUT2D eigenvalue weighted by molar-refractivity contribution is -0.121. The number of hydrogen-bond donors (Lipinski definition) is 1. The van der Waals surface area contributed by atoms with Gasteiger partial charge in [0.05, 0.1) is 12.8 Å². The molecule has 2 aromatic heterocycles. The molecule has 3 aromatic rings. The summed E-state index contributed by atoms with van der Waals surface area (Å²) < 4.78 is 6.93. The van der Waals surface area contributed by atoms with Crippen molar-refractivity contribution >= 4 is 22.5 Å². The second kappa shape index (κ2) is 8.71. The number of benzene rings is 1. The molecule has 0 radical (unpaired) electrons. The summed E-state index contributed by atoms with van der Waals surface area (Å²) in [7, 11) is 3.63. The number of hydrogen-bond acceptors (Lipinski definition) is 5. The first-order valence-corrected chi connectivity index (χ1v) is 10.0. The van der Waals surface area contributed by atoms with E-state index in [4.69, 9.17) is 4.74 Å². The molecule has 4 rings (SSSR count). The zero-order chi connectivity index (χ0) is 20.2. The molecule has 1 aromatic carbocycles. The number of carbonyl (C=O) groups excluding carboxylic acids is 1. The Morgan fingerprint density at radius 1 is 1.17 bits per heavy atom. The molecule has 1 amide bonds. The van der Waals surface area contributed by atoms with Crippen molar-refractivity contribution in [3.8, 4) is 11.1 Å². The molecule has 0 atom stereocenters. The van der Waals surface area contributed by atoms with Crippen LogP contribution in [0.2, 0.25) is 0 Å². The number of aryl methyl sites for hydroxylation is 1. The predicted octanol–water partition coefficient (Wildman–Crippen LogP) is 2.93. The van der Waals surface area contributed by atoms with Crippen LogP contribution in [0.5, 0.6) is 0 Å². The van der Waals surface area contributed by atoms with Crippen molar-refractivity contribution in [2.45, 2.75) is 12.8 Å². The van der Waals surface area contributed by atoms with E-state index in [1.165, 1.54) is 0 Å². The number of fused-ring (bicyclic) bond motifs is 1. The third kappa shape index (κ3) is 4.63. The zero-order valence-corrected chi connectivity index (χ0v) is 17.0. The number of piperidine rings is 1. The van der Waals surface area contributed by atoms with E-state index >= 15 is 0 Å². The summed E-state index contributed by atoms with van der Waals surface area (Å²) in [6.45, 7) is 3.53. The quantitative estimate of drug-likeness (QED) is 0.697. The van der Waals surface area contributed by atoms with E-state index in [9.17, 15) is 4.79 Å². The molecule has 0 bridgehead atoms. The van der Waals surface area contributed by atoms with Crippen LogP contribution in [0.15, 0.2) is 42.9 Å². The number of anilines is 1. The average Bonchev–Trinajstić information content (AvgIpc) is 3.18. The summed E-state index contributed by atoms with van der Waals surface area (Å²) in [6.07, 6.45) is 7.39. The van der Waals surface area contributed by atoms with Gasteiger partial charge in [0.1, 0.15) is 5.82 Å².